The van der Waals surface area contributed by atoms with Crippen molar-refractivity contribution in [3.05, 3.63) is 42.5 Å². The number of imidazole rings is 1. The van der Waals surface area contributed by atoms with Gasteiger partial charge in [-0.05, 0) is 19.4 Å². The number of carbonyl (C=O) groups is 1. The third-order valence-electron chi connectivity index (χ3n) is 3.60. The number of carbonyl (C=O) groups excluding carboxylic acids is 1. The van der Waals surface area contributed by atoms with Crippen molar-refractivity contribution in [2.24, 2.45) is 0 Å². The number of fused-ring (bicyclic) bond motifs is 1. The fraction of sp³-hybridized carbons (Fsp3) is 0.400. The number of amides is 1. The zero-order chi connectivity index (χ0) is 16.9. The Labute approximate surface area is 138 Å². The van der Waals surface area contributed by atoms with Crippen LogP contribution in [0.25, 0.3) is 5.78 Å². The van der Waals surface area contributed by atoms with Crippen LogP contribution in [0.5, 0.6) is 0 Å². The first-order chi connectivity index (χ1) is 11.7. The van der Waals surface area contributed by atoms with Gasteiger partial charge in [0.05, 0.1) is 6.04 Å². The molecule has 0 aliphatic rings. The van der Waals surface area contributed by atoms with Gasteiger partial charge in [0.25, 0.3) is 5.91 Å². The largest absolute Gasteiger partial charge is 0.385 e. The van der Waals surface area contributed by atoms with Gasteiger partial charge in [0.2, 0.25) is 5.78 Å². The molecule has 0 unspecified atom stereocenters. The second-order valence-electron chi connectivity index (χ2n) is 5.38. The molecule has 0 saturated carbocycles. The highest BCUT2D eigenvalue weighted by Gasteiger charge is 2.18. The first-order valence-corrected chi connectivity index (χ1v) is 7.66. The summed E-state index contributed by atoms with van der Waals surface area (Å²) in [6.07, 6.45) is 7.58. The van der Waals surface area contributed by atoms with Crippen molar-refractivity contribution in [3.63, 3.8) is 0 Å². The molecule has 3 heterocycles. The molecule has 0 aromatic carbocycles. The van der Waals surface area contributed by atoms with Gasteiger partial charge in [-0.2, -0.15) is 0 Å². The number of aryl methyl sites for hydroxylation is 1. The number of methoxy groups -OCH3 is 1. The number of ether oxygens (including phenoxy) is 1. The van der Waals surface area contributed by atoms with Gasteiger partial charge >= 0.3 is 0 Å². The molecule has 3 aromatic heterocycles. The number of aromatic nitrogens is 6. The summed E-state index contributed by atoms with van der Waals surface area (Å²) in [5.74, 6) is 0.902. The fourth-order valence-corrected chi connectivity index (χ4v) is 2.43. The maximum absolute atomic E-state index is 12.4. The van der Waals surface area contributed by atoms with Gasteiger partial charge in [0, 0.05) is 38.9 Å². The summed E-state index contributed by atoms with van der Waals surface area (Å²) in [6, 6.07) is 1.49. The van der Waals surface area contributed by atoms with Crippen LogP contribution < -0.4 is 5.32 Å². The monoisotopic (exact) mass is 329 g/mol. The van der Waals surface area contributed by atoms with Crippen molar-refractivity contribution < 1.29 is 9.53 Å². The van der Waals surface area contributed by atoms with Crippen LogP contribution in [0.4, 0.5) is 0 Å². The second-order valence-corrected chi connectivity index (χ2v) is 5.38. The van der Waals surface area contributed by atoms with E-state index in [-0.39, 0.29) is 11.9 Å². The molecule has 0 bridgehead atoms. The Morgan fingerprint density at radius 1 is 1.46 bits per heavy atom. The Balaban J connectivity index is 1.69. The lowest BCUT2D eigenvalue weighted by molar-refractivity contribution is 0.0933. The highest BCUT2D eigenvalue weighted by molar-refractivity contribution is 5.92. The summed E-state index contributed by atoms with van der Waals surface area (Å²) < 4.78 is 8.66. The van der Waals surface area contributed by atoms with E-state index in [4.69, 9.17) is 4.74 Å². The number of nitrogens with one attached hydrogen (secondary N) is 1. The molecule has 126 valence electrons. The summed E-state index contributed by atoms with van der Waals surface area (Å²) in [7, 11) is 1.67. The summed E-state index contributed by atoms with van der Waals surface area (Å²) in [5, 5.41) is 10.9. The van der Waals surface area contributed by atoms with Crippen molar-refractivity contribution in [1.82, 2.24) is 34.4 Å². The Hall–Kier alpha value is -2.81. The number of hydrogen-bond donors (Lipinski definition) is 1. The van der Waals surface area contributed by atoms with Gasteiger partial charge in [-0.25, -0.2) is 9.97 Å². The van der Waals surface area contributed by atoms with Crippen LogP contribution in [0.1, 0.15) is 35.7 Å². The Morgan fingerprint density at radius 3 is 3.12 bits per heavy atom. The van der Waals surface area contributed by atoms with E-state index < -0.39 is 0 Å². The van der Waals surface area contributed by atoms with Gasteiger partial charge in [-0.15, -0.1) is 10.2 Å². The lowest BCUT2D eigenvalue weighted by Gasteiger charge is -2.14. The standard InChI is InChI=1S/C15H19N7O2/c1-11(13-20-17-10-22(13)7-4-8-24-2)18-14(23)12-9-21-6-3-5-16-15(21)19-12/h3,5-6,9-11H,4,7-8H2,1-2H3,(H,18,23)/t11-/m0/s1. The van der Waals surface area contributed by atoms with Crippen molar-refractivity contribution in [2.45, 2.75) is 25.9 Å². The zero-order valence-electron chi connectivity index (χ0n) is 13.6. The van der Waals surface area contributed by atoms with Crippen LogP contribution >= 0.6 is 0 Å². The van der Waals surface area contributed by atoms with Crippen molar-refractivity contribution in [3.8, 4) is 0 Å². The number of hydrogen-bond acceptors (Lipinski definition) is 6. The van der Waals surface area contributed by atoms with Crippen LogP contribution in [0.2, 0.25) is 0 Å². The van der Waals surface area contributed by atoms with E-state index in [1.54, 1.807) is 42.5 Å². The normalized spacial score (nSPS) is 12.4. The minimum absolute atomic E-state index is 0.278. The first kappa shape index (κ1) is 16.1. The molecule has 0 aliphatic heterocycles. The predicted molar refractivity (Wildman–Crippen MR) is 85.4 cm³/mol. The highest BCUT2D eigenvalue weighted by Crippen LogP contribution is 2.11. The predicted octanol–water partition coefficient (Wildman–Crippen LogP) is 0.848. The summed E-state index contributed by atoms with van der Waals surface area (Å²) in [6.45, 7) is 3.25. The third-order valence-corrected chi connectivity index (χ3v) is 3.60. The smallest absolute Gasteiger partial charge is 0.272 e. The highest BCUT2D eigenvalue weighted by atomic mass is 16.5. The molecule has 0 spiro atoms. The minimum Gasteiger partial charge on any atom is -0.385 e. The molecule has 1 amide bonds. The summed E-state index contributed by atoms with van der Waals surface area (Å²) in [4.78, 5) is 20.7. The topological polar surface area (TPSA) is 99.2 Å². The Morgan fingerprint density at radius 2 is 2.33 bits per heavy atom. The van der Waals surface area contributed by atoms with E-state index in [2.05, 4.69) is 25.5 Å². The average molecular weight is 329 g/mol. The molecule has 3 rings (SSSR count). The van der Waals surface area contributed by atoms with Crippen LogP contribution in [0.15, 0.2) is 31.0 Å². The SMILES string of the molecule is COCCCn1cnnc1[C@H](C)NC(=O)c1cn2cccnc2n1. The molecule has 0 radical (unpaired) electrons. The van der Waals surface area contributed by atoms with E-state index in [0.717, 1.165) is 13.0 Å². The lowest BCUT2D eigenvalue weighted by atomic mass is 10.3. The molecule has 9 nitrogen and oxygen atoms in total. The van der Waals surface area contributed by atoms with Crippen molar-refractivity contribution >= 4 is 11.7 Å². The van der Waals surface area contributed by atoms with Crippen LogP contribution in [0, 0.1) is 0 Å². The van der Waals surface area contributed by atoms with E-state index in [1.165, 1.54) is 0 Å². The lowest BCUT2D eigenvalue weighted by Crippen LogP contribution is -2.29. The quantitative estimate of drug-likeness (QED) is 0.645. The van der Waals surface area contributed by atoms with Gasteiger partial charge in [0.15, 0.2) is 5.82 Å². The molecule has 0 saturated heterocycles. The van der Waals surface area contributed by atoms with E-state index in [0.29, 0.717) is 23.9 Å². The molecule has 0 aliphatic carbocycles. The van der Waals surface area contributed by atoms with E-state index in [1.807, 2.05) is 11.5 Å². The molecule has 1 N–H and O–H groups in total. The van der Waals surface area contributed by atoms with Crippen molar-refractivity contribution in [1.29, 1.82) is 0 Å². The van der Waals surface area contributed by atoms with E-state index >= 15 is 0 Å². The summed E-state index contributed by atoms with van der Waals surface area (Å²) >= 11 is 0. The molecule has 0 fully saturated rings. The third kappa shape index (κ3) is 3.40. The van der Waals surface area contributed by atoms with Gasteiger partial charge in [-0.3, -0.25) is 9.20 Å². The molecule has 3 aromatic rings. The van der Waals surface area contributed by atoms with Gasteiger partial charge in [-0.1, -0.05) is 0 Å². The number of nitrogens with zero attached hydrogens (tertiary/aromatic N) is 6. The Bertz CT molecular complexity index is 793. The molecule has 24 heavy (non-hydrogen) atoms. The maximum Gasteiger partial charge on any atom is 0.272 e. The van der Waals surface area contributed by atoms with Gasteiger partial charge < -0.3 is 14.6 Å². The molecule has 9 heteroatoms. The minimum atomic E-state index is -0.291. The second kappa shape index (κ2) is 7.18. The fourth-order valence-electron chi connectivity index (χ4n) is 2.43. The van der Waals surface area contributed by atoms with Crippen LogP contribution in [0.3, 0.4) is 0 Å². The molecule has 1 atom stereocenters. The van der Waals surface area contributed by atoms with Crippen LogP contribution in [-0.4, -0.2) is 48.8 Å². The first-order valence-electron chi connectivity index (χ1n) is 7.66. The van der Waals surface area contributed by atoms with Crippen LogP contribution in [-0.2, 0) is 11.3 Å². The van der Waals surface area contributed by atoms with Crippen molar-refractivity contribution in [2.75, 3.05) is 13.7 Å². The average Bonchev–Trinajstić information content (AvgIpc) is 3.21. The number of rotatable bonds is 7. The zero-order valence-corrected chi connectivity index (χ0v) is 13.6. The molecular formula is C15H19N7O2. The summed E-state index contributed by atoms with van der Waals surface area (Å²) in [5.41, 5.74) is 0.311. The Kier molecular flexibility index (Phi) is 4.80. The van der Waals surface area contributed by atoms with E-state index in [9.17, 15) is 4.79 Å². The van der Waals surface area contributed by atoms with Gasteiger partial charge in [0.1, 0.15) is 12.0 Å². The molecular weight excluding hydrogens is 310 g/mol. The maximum atomic E-state index is 12.4.